The minimum Gasteiger partial charge on any atom is -0.395 e. The maximum absolute atomic E-state index is 9.38. The summed E-state index contributed by atoms with van der Waals surface area (Å²) in [6.45, 7) is 0.166. The van der Waals surface area contributed by atoms with Gasteiger partial charge in [0.25, 0.3) is 5.95 Å². The summed E-state index contributed by atoms with van der Waals surface area (Å²) < 4.78 is 1.34. The van der Waals surface area contributed by atoms with Crippen LogP contribution in [0.4, 0.5) is 29.1 Å². The molecule has 0 aliphatic heterocycles. The van der Waals surface area contributed by atoms with E-state index in [1.54, 1.807) is 32.6 Å². The van der Waals surface area contributed by atoms with E-state index in [4.69, 9.17) is 5.11 Å². The number of aliphatic hydroxyl groups excluding tert-OH is 1. The van der Waals surface area contributed by atoms with Crippen LogP contribution in [0.3, 0.4) is 0 Å². The summed E-state index contributed by atoms with van der Waals surface area (Å²) in [7, 11) is 3.36. The average molecular weight is 394 g/mol. The summed E-state index contributed by atoms with van der Waals surface area (Å²) in [5, 5.41) is 39.7. The van der Waals surface area contributed by atoms with Crippen molar-refractivity contribution in [2.24, 2.45) is 10.2 Å². The molecule has 0 saturated carbocycles. The summed E-state index contributed by atoms with van der Waals surface area (Å²) in [5.41, 5.74) is 0.499. The molecule has 0 atom stereocenters. The van der Waals surface area contributed by atoms with Gasteiger partial charge in [-0.3, -0.25) is 0 Å². The number of nitrogens with one attached hydrogen (secondary N) is 3. The van der Waals surface area contributed by atoms with Crippen LogP contribution in [0.1, 0.15) is 5.56 Å². The molecule has 13 heteroatoms. The first-order valence-corrected chi connectivity index (χ1v) is 8.51. The molecule has 3 heterocycles. The van der Waals surface area contributed by atoms with Crippen molar-refractivity contribution in [3.8, 4) is 12.0 Å². The van der Waals surface area contributed by atoms with Gasteiger partial charge in [0.2, 0.25) is 11.8 Å². The number of azo groups is 1. The molecule has 0 saturated heterocycles. The molecule has 148 valence electrons. The van der Waals surface area contributed by atoms with Gasteiger partial charge in [-0.25, -0.2) is 14.6 Å². The molecule has 13 nitrogen and oxygen atoms in total. The van der Waals surface area contributed by atoms with Gasteiger partial charge >= 0.3 is 0 Å². The molecule has 0 unspecified atom stereocenters. The molecule has 3 aromatic rings. The predicted molar refractivity (Wildman–Crippen MR) is 105 cm³/mol. The molecule has 0 aliphatic carbocycles. The zero-order valence-corrected chi connectivity index (χ0v) is 15.7. The van der Waals surface area contributed by atoms with Gasteiger partial charge in [0.1, 0.15) is 11.6 Å². The van der Waals surface area contributed by atoms with Crippen LogP contribution >= 0.6 is 0 Å². The Bertz CT molecular complexity index is 1040. The summed E-state index contributed by atoms with van der Waals surface area (Å²) in [6, 6.07) is 3.69. The van der Waals surface area contributed by atoms with Crippen molar-refractivity contribution in [1.29, 1.82) is 5.26 Å². The fourth-order valence-corrected chi connectivity index (χ4v) is 2.26. The molecule has 3 rings (SSSR count). The lowest BCUT2D eigenvalue weighted by Gasteiger charge is -2.12. The highest BCUT2D eigenvalue weighted by molar-refractivity contribution is 5.75. The number of hydrogen-bond donors (Lipinski definition) is 4. The summed E-state index contributed by atoms with van der Waals surface area (Å²) >= 11 is 0. The van der Waals surface area contributed by atoms with E-state index < -0.39 is 0 Å². The second kappa shape index (κ2) is 9.15. The van der Waals surface area contributed by atoms with Crippen molar-refractivity contribution < 1.29 is 5.11 Å². The summed E-state index contributed by atoms with van der Waals surface area (Å²) in [4.78, 5) is 16.8. The van der Waals surface area contributed by atoms with Crippen molar-refractivity contribution in [2.45, 2.75) is 0 Å². The second-order valence-corrected chi connectivity index (χ2v) is 5.41. The van der Waals surface area contributed by atoms with E-state index in [-0.39, 0.29) is 24.5 Å². The van der Waals surface area contributed by atoms with E-state index in [0.29, 0.717) is 29.2 Å². The van der Waals surface area contributed by atoms with Crippen LogP contribution in [0.15, 0.2) is 34.9 Å². The van der Waals surface area contributed by atoms with Gasteiger partial charge in [-0.05, 0) is 6.07 Å². The smallest absolute Gasteiger partial charge is 0.250 e. The zero-order valence-electron chi connectivity index (χ0n) is 15.7. The Kier molecular flexibility index (Phi) is 6.18. The number of aromatic nitrogens is 6. The third kappa shape index (κ3) is 4.39. The van der Waals surface area contributed by atoms with Gasteiger partial charge in [-0.15, -0.1) is 15.3 Å². The summed E-state index contributed by atoms with van der Waals surface area (Å²) in [6.07, 6.45) is 4.60. The molecule has 3 aromatic heterocycles. The monoisotopic (exact) mass is 394 g/mol. The van der Waals surface area contributed by atoms with Gasteiger partial charge in [-0.1, -0.05) is 0 Å². The van der Waals surface area contributed by atoms with E-state index >= 15 is 0 Å². The van der Waals surface area contributed by atoms with E-state index in [1.807, 2.05) is 6.07 Å². The molecule has 0 spiro atoms. The van der Waals surface area contributed by atoms with Crippen LogP contribution in [-0.4, -0.2) is 62.1 Å². The maximum Gasteiger partial charge on any atom is 0.250 e. The first-order chi connectivity index (χ1) is 14.2. The number of nitrogens with zero attached hydrogens (tertiary/aromatic N) is 9. The highest BCUT2D eigenvalue weighted by atomic mass is 16.3. The fourth-order valence-electron chi connectivity index (χ4n) is 2.26. The molecular weight excluding hydrogens is 376 g/mol. The van der Waals surface area contributed by atoms with Crippen LogP contribution in [0.2, 0.25) is 0 Å². The zero-order chi connectivity index (χ0) is 20.6. The molecule has 4 N–H and O–H groups in total. The molecule has 0 fully saturated rings. The standard InChI is InChI=1S/C16H18N12O/c1-18-13-11(14(20-6-7-29)24-15(19-2)23-13)25-26-12-10(8-17)9-28(27-12)16-21-4-3-5-22-16/h3-5,9,29H,6-7H2,1-2H3,(H3,18,19,20,23,24)/b26-25+. The molecule has 29 heavy (non-hydrogen) atoms. The van der Waals surface area contributed by atoms with E-state index in [9.17, 15) is 5.26 Å². The molecule has 0 aliphatic rings. The van der Waals surface area contributed by atoms with Gasteiger partial charge in [-0.2, -0.15) is 15.2 Å². The second-order valence-electron chi connectivity index (χ2n) is 5.41. The number of nitriles is 1. The van der Waals surface area contributed by atoms with Crippen LogP contribution < -0.4 is 16.0 Å². The molecule has 0 aromatic carbocycles. The van der Waals surface area contributed by atoms with Crippen LogP contribution in [-0.2, 0) is 0 Å². The number of anilines is 3. The Morgan fingerprint density at radius 1 is 1.14 bits per heavy atom. The van der Waals surface area contributed by atoms with Crippen LogP contribution in [0.25, 0.3) is 5.95 Å². The van der Waals surface area contributed by atoms with Crippen molar-refractivity contribution in [2.75, 3.05) is 43.2 Å². The molecule has 0 amide bonds. The maximum atomic E-state index is 9.38. The van der Waals surface area contributed by atoms with Crippen molar-refractivity contribution in [1.82, 2.24) is 29.7 Å². The first kappa shape index (κ1) is 19.6. The van der Waals surface area contributed by atoms with Gasteiger partial charge < -0.3 is 21.1 Å². The lowest BCUT2D eigenvalue weighted by molar-refractivity contribution is 0.311. The number of hydrogen-bond acceptors (Lipinski definition) is 12. The minimum atomic E-state index is -0.0928. The average Bonchev–Trinajstić information content (AvgIpc) is 3.19. The largest absolute Gasteiger partial charge is 0.395 e. The van der Waals surface area contributed by atoms with Gasteiger partial charge in [0, 0.05) is 33.0 Å². The SMILES string of the molecule is CNc1nc(NC)c(/N=N/c2nn(-c3ncccn3)cc2C#N)c(NCCO)n1. The minimum absolute atomic E-state index is 0.0906. The Hall–Kier alpha value is -4.18. The van der Waals surface area contributed by atoms with Crippen molar-refractivity contribution in [3.05, 3.63) is 30.2 Å². The predicted octanol–water partition coefficient (Wildman–Crippen LogP) is 1.23. The van der Waals surface area contributed by atoms with Crippen molar-refractivity contribution >= 4 is 29.1 Å². The Morgan fingerprint density at radius 2 is 1.90 bits per heavy atom. The molecule has 0 bridgehead atoms. The highest BCUT2D eigenvalue weighted by Gasteiger charge is 2.15. The van der Waals surface area contributed by atoms with E-state index in [0.717, 1.165) is 0 Å². The lowest BCUT2D eigenvalue weighted by atomic mass is 10.4. The fraction of sp³-hybridized carbons (Fsp3) is 0.250. The topological polar surface area (TPSA) is 174 Å². The third-order valence-corrected chi connectivity index (χ3v) is 3.57. The Morgan fingerprint density at radius 3 is 2.55 bits per heavy atom. The molecule has 0 radical (unpaired) electrons. The van der Waals surface area contributed by atoms with Gasteiger partial charge in [0.05, 0.1) is 12.8 Å². The normalized spacial score (nSPS) is 10.7. The highest BCUT2D eigenvalue weighted by Crippen LogP contribution is 2.33. The van der Waals surface area contributed by atoms with Crippen LogP contribution in [0, 0.1) is 11.3 Å². The van der Waals surface area contributed by atoms with E-state index in [1.165, 1.54) is 10.9 Å². The van der Waals surface area contributed by atoms with Crippen LogP contribution in [0.5, 0.6) is 0 Å². The van der Waals surface area contributed by atoms with Gasteiger partial charge in [0.15, 0.2) is 17.3 Å². The first-order valence-electron chi connectivity index (χ1n) is 8.51. The number of aliphatic hydroxyl groups is 1. The quantitative estimate of drug-likeness (QED) is 0.407. The summed E-state index contributed by atoms with van der Waals surface area (Å²) in [5.74, 6) is 1.51. The lowest BCUT2D eigenvalue weighted by Crippen LogP contribution is -2.10. The Balaban J connectivity index is 2.01. The van der Waals surface area contributed by atoms with E-state index in [2.05, 4.69) is 51.2 Å². The third-order valence-electron chi connectivity index (χ3n) is 3.57. The number of rotatable bonds is 8. The molecular formula is C16H18N12O. The van der Waals surface area contributed by atoms with Crippen molar-refractivity contribution in [3.63, 3.8) is 0 Å². The Labute approximate surface area is 165 Å².